The molecule has 4 N–H and O–H groups in total. The fraction of sp³-hybridized carbons (Fsp3) is 0.296. The van der Waals surface area contributed by atoms with E-state index in [0.717, 1.165) is 42.1 Å². The number of carbonyl (C=O) groups excluding carboxylic acids is 1. The van der Waals surface area contributed by atoms with Crippen molar-refractivity contribution >= 4 is 33.3 Å². The molecule has 2 aromatic carbocycles. The van der Waals surface area contributed by atoms with Crippen molar-refractivity contribution in [1.29, 1.82) is 0 Å². The van der Waals surface area contributed by atoms with Crippen molar-refractivity contribution < 1.29 is 9.53 Å². The Bertz CT molecular complexity index is 1350. The van der Waals surface area contributed by atoms with Crippen LogP contribution in [-0.4, -0.2) is 48.2 Å². The lowest BCUT2D eigenvalue weighted by molar-refractivity contribution is 0.0733. The molecule has 8 heteroatoms. The molecule has 1 saturated heterocycles. The molecule has 0 spiro atoms. The molecule has 1 atom stereocenters. The van der Waals surface area contributed by atoms with E-state index < -0.39 is 0 Å². The van der Waals surface area contributed by atoms with Gasteiger partial charge >= 0.3 is 0 Å². The Hall–Kier alpha value is -3.33. The molecule has 0 radical (unpaired) electrons. The third kappa shape index (κ3) is 5.51. The summed E-state index contributed by atoms with van der Waals surface area (Å²) in [6.07, 6.45) is 3.30. The number of nitrogens with two attached hydrogens (primary N) is 1. The third-order valence-electron chi connectivity index (χ3n) is 6.28. The SMILES string of the molecule is Cc1c(-c2ccnc(N)n2)sc2ccc(Cc3cccc(C(=O)NCCC4COCCN4)c3)cc12. The Kier molecular flexibility index (Phi) is 7.03. The van der Waals surface area contributed by atoms with E-state index in [1.807, 2.05) is 24.3 Å². The highest BCUT2D eigenvalue weighted by Crippen LogP contribution is 2.38. The number of benzene rings is 2. The number of nitrogen functional groups attached to an aromatic ring is 1. The quantitative estimate of drug-likeness (QED) is 0.365. The maximum Gasteiger partial charge on any atom is 0.251 e. The Morgan fingerprint density at radius 3 is 2.94 bits per heavy atom. The highest BCUT2D eigenvalue weighted by atomic mass is 32.1. The molecule has 3 heterocycles. The van der Waals surface area contributed by atoms with Gasteiger partial charge in [0.25, 0.3) is 5.91 Å². The minimum absolute atomic E-state index is 0.0403. The second kappa shape index (κ2) is 10.5. The summed E-state index contributed by atoms with van der Waals surface area (Å²) < 4.78 is 6.69. The number of fused-ring (bicyclic) bond motifs is 1. The molecule has 5 rings (SSSR count). The molecule has 7 nitrogen and oxygen atoms in total. The Morgan fingerprint density at radius 2 is 2.11 bits per heavy atom. The van der Waals surface area contributed by atoms with Crippen molar-refractivity contribution in [3.05, 3.63) is 77.0 Å². The lowest BCUT2D eigenvalue weighted by Gasteiger charge is -2.23. The maximum atomic E-state index is 12.7. The van der Waals surface area contributed by atoms with Gasteiger partial charge in [-0.1, -0.05) is 18.2 Å². The number of hydrogen-bond donors (Lipinski definition) is 3. The van der Waals surface area contributed by atoms with Gasteiger partial charge in [0.1, 0.15) is 0 Å². The largest absolute Gasteiger partial charge is 0.379 e. The first kappa shape index (κ1) is 23.4. The van der Waals surface area contributed by atoms with E-state index in [-0.39, 0.29) is 11.9 Å². The average Bonchev–Trinajstić information content (AvgIpc) is 3.20. The molecule has 1 fully saturated rings. The first-order valence-electron chi connectivity index (χ1n) is 11.9. The maximum absolute atomic E-state index is 12.7. The minimum atomic E-state index is -0.0403. The van der Waals surface area contributed by atoms with Gasteiger partial charge in [0.15, 0.2) is 0 Å². The molecule has 4 aromatic rings. The van der Waals surface area contributed by atoms with Crippen LogP contribution >= 0.6 is 11.3 Å². The zero-order valence-electron chi connectivity index (χ0n) is 19.7. The summed E-state index contributed by atoms with van der Waals surface area (Å²) in [4.78, 5) is 22.2. The number of nitrogens with zero attached hydrogens (tertiary/aromatic N) is 2. The van der Waals surface area contributed by atoms with Crippen molar-refractivity contribution in [2.45, 2.75) is 25.8 Å². The smallest absolute Gasteiger partial charge is 0.251 e. The molecule has 2 aromatic heterocycles. The monoisotopic (exact) mass is 487 g/mol. The number of aromatic nitrogens is 2. The van der Waals surface area contributed by atoms with Gasteiger partial charge in [0.2, 0.25) is 5.95 Å². The number of anilines is 1. The first-order chi connectivity index (χ1) is 17.1. The second-order valence-corrected chi connectivity index (χ2v) is 9.89. The number of hydrogen-bond acceptors (Lipinski definition) is 7. The van der Waals surface area contributed by atoms with Crippen LogP contribution < -0.4 is 16.4 Å². The summed E-state index contributed by atoms with van der Waals surface area (Å²) in [6.45, 7) is 5.07. The van der Waals surface area contributed by atoms with Crippen LogP contribution in [0.15, 0.2) is 54.7 Å². The molecule has 1 unspecified atom stereocenters. The zero-order valence-corrected chi connectivity index (χ0v) is 20.5. The minimum Gasteiger partial charge on any atom is -0.379 e. The average molecular weight is 488 g/mol. The van der Waals surface area contributed by atoms with Crippen LogP contribution in [0, 0.1) is 6.92 Å². The molecule has 180 valence electrons. The summed E-state index contributed by atoms with van der Waals surface area (Å²) in [7, 11) is 0. The van der Waals surface area contributed by atoms with E-state index in [4.69, 9.17) is 10.5 Å². The van der Waals surface area contributed by atoms with E-state index in [0.29, 0.717) is 24.8 Å². The number of aryl methyl sites for hydroxylation is 1. The predicted octanol–water partition coefficient (Wildman–Crippen LogP) is 3.95. The molecular weight excluding hydrogens is 458 g/mol. The van der Waals surface area contributed by atoms with Gasteiger partial charge in [0, 0.05) is 35.6 Å². The van der Waals surface area contributed by atoms with Crippen molar-refractivity contribution in [2.24, 2.45) is 0 Å². The molecule has 0 aliphatic carbocycles. The van der Waals surface area contributed by atoms with Gasteiger partial charge in [-0.05, 0) is 72.2 Å². The number of carbonyl (C=O) groups is 1. The van der Waals surface area contributed by atoms with Gasteiger partial charge in [-0.25, -0.2) is 9.97 Å². The predicted molar refractivity (Wildman–Crippen MR) is 141 cm³/mol. The fourth-order valence-electron chi connectivity index (χ4n) is 4.45. The fourth-order valence-corrected chi connectivity index (χ4v) is 5.61. The van der Waals surface area contributed by atoms with Crippen molar-refractivity contribution in [3.8, 4) is 10.6 Å². The van der Waals surface area contributed by atoms with Gasteiger partial charge in [-0.3, -0.25) is 4.79 Å². The van der Waals surface area contributed by atoms with Crippen LogP contribution in [0.5, 0.6) is 0 Å². The molecular formula is C27H29N5O2S. The van der Waals surface area contributed by atoms with E-state index in [2.05, 4.69) is 51.8 Å². The summed E-state index contributed by atoms with van der Waals surface area (Å²) in [5.74, 6) is 0.241. The van der Waals surface area contributed by atoms with Crippen LogP contribution in [0.25, 0.3) is 20.7 Å². The first-order valence-corrected chi connectivity index (χ1v) is 12.7. The topological polar surface area (TPSA) is 102 Å². The van der Waals surface area contributed by atoms with E-state index in [1.54, 1.807) is 17.5 Å². The molecule has 0 bridgehead atoms. The number of amides is 1. The van der Waals surface area contributed by atoms with Gasteiger partial charge in [-0.15, -0.1) is 11.3 Å². The van der Waals surface area contributed by atoms with Crippen LogP contribution in [0.1, 0.15) is 33.5 Å². The number of rotatable bonds is 7. The molecule has 1 aliphatic rings. The van der Waals surface area contributed by atoms with Crippen molar-refractivity contribution in [2.75, 3.05) is 32.0 Å². The van der Waals surface area contributed by atoms with Crippen LogP contribution in [0.4, 0.5) is 5.95 Å². The highest BCUT2D eigenvalue weighted by Gasteiger charge is 2.15. The number of morpholine rings is 1. The lowest BCUT2D eigenvalue weighted by Crippen LogP contribution is -2.43. The number of nitrogens with one attached hydrogen (secondary N) is 2. The molecule has 35 heavy (non-hydrogen) atoms. The summed E-state index contributed by atoms with van der Waals surface area (Å²) in [6, 6.07) is 16.6. The molecule has 0 saturated carbocycles. The standard InChI is InChI=1S/C27H29N5O2S/c1-17-22-15-19(5-6-24(22)35-25(17)23-8-10-31-27(28)32-23)13-18-3-2-4-20(14-18)26(33)30-9-7-21-16-34-12-11-29-21/h2-6,8,10,14-15,21,29H,7,9,11-13,16H2,1H3,(H,30,33)(H2,28,31,32). The zero-order chi connectivity index (χ0) is 24.2. The van der Waals surface area contributed by atoms with Gasteiger partial charge < -0.3 is 21.1 Å². The Balaban J connectivity index is 1.27. The Morgan fingerprint density at radius 1 is 1.23 bits per heavy atom. The van der Waals surface area contributed by atoms with Crippen LogP contribution in [-0.2, 0) is 11.2 Å². The van der Waals surface area contributed by atoms with Crippen molar-refractivity contribution in [3.63, 3.8) is 0 Å². The summed E-state index contributed by atoms with van der Waals surface area (Å²) >= 11 is 1.71. The second-order valence-electron chi connectivity index (χ2n) is 8.83. The van der Waals surface area contributed by atoms with Crippen LogP contribution in [0.3, 0.4) is 0 Å². The lowest BCUT2D eigenvalue weighted by atomic mass is 10.0. The van der Waals surface area contributed by atoms with Crippen molar-refractivity contribution in [1.82, 2.24) is 20.6 Å². The summed E-state index contributed by atoms with van der Waals surface area (Å²) in [5, 5.41) is 7.67. The highest BCUT2D eigenvalue weighted by molar-refractivity contribution is 7.22. The van der Waals surface area contributed by atoms with Gasteiger partial charge in [-0.2, -0.15) is 0 Å². The molecule has 1 aliphatic heterocycles. The van der Waals surface area contributed by atoms with Gasteiger partial charge in [0.05, 0.1) is 23.8 Å². The Labute approximate surface area is 208 Å². The van der Waals surface area contributed by atoms with Crippen LogP contribution in [0.2, 0.25) is 0 Å². The van der Waals surface area contributed by atoms with E-state index in [1.165, 1.54) is 21.2 Å². The molecule has 1 amide bonds. The number of thiophene rings is 1. The number of ether oxygens (including phenoxy) is 1. The normalized spacial score (nSPS) is 15.9. The third-order valence-corrected chi connectivity index (χ3v) is 7.58. The van der Waals surface area contributed by atoms with E-state index in [9.17, 15) is 4.79 Å². The summed E-state index contributed by atoms with van der Waals surface area (Å²) in [5.41, 5.74) is 10.8. The van der Waals surface area contributed by atoms with E-state index >= 15 is 0 Å².